The Labute approximate surface area is 117 Å². The van der Waals surface area contributed by atoms with Crippen molar-refractivity contribution in [1.29, 1.82) is 0 Å². The fraction of sp³-hybridized carbons (Fsp3) is 0.200. The molecule has 1 unspecified atom stereocenters. The summed E-state index contributed by atoms with van der Waals surface area (Å²) in [5.41, 5.74) is 8.32. The first-order valence-corrected chi connectivity index (χ1v) is 6.27. The van der Waals surface area contributed by atoms with Gasteiger partial charge in [-0.15, -0.1) is 0 Å². The van der Waals surface area contributed by atoms with Crippen LogP contribution in [0, 0.1) is 0 Å². The number of methoxy groups -OCH3 is 1. The minimum atomic E-state index is -0.448. The van der Waals surface area contributed by atoms with Gasteiger partial charge in [0.2, 0.25) is 0 Å². The molecular formula is C15H17N3O2. The van der Waals surface area contributed by atoms with E-state index in [9.17, 15) is 4.79 Å². The molecule has 1 atom stereocenters. The molecule has 0 radical (unpaired) electrons. The molecule has 2 rings (SSSR count). The average molecular weight is 271 g/mol. The molecule has 1 aromatic carbocycles. The van der Waals surface area contributed by atoms with Crippen molar-refractivity contribution >= 4 is 17.3 Å². The van der Waals surface area contributed by atoms with E-state index in [1.54, 1.807) is 18.3 Å². The number of nitrogens with zero attached hydrogens (tertiary/aromatic N) is 1. The van der Waals surface area contributed by atoms with Crippen LogP contribution in [-0.4, -0.2) is 18.1 Å². The molecule has 5 nitrogen and oxygen atoms in total. The second-order valence-corrected chi connectivity index (χ2v) is 4.38. The first-order chi connectivity index (χ1) is 9.63. The largest absolute Gasteiger partial charge is 0.465 e. The van der Waals surface area contributed by atoms with Crippen molar-refractivity contribution in [1.82, 2.24) is 4.98 Å². The third-order valence-electron chi connectivity index (χ3n) is 3.01. The predicted molar refractivity (Wildman–Crippen MR) is 78.5 cm³/mol. The van der Waals surface area contributed by atoms with Crippen molar-refractivity contribution < 1.29 is 9.53 Å². The maximum absolute atomic E-state index is 11.6. The molecule has 3 N–H and O–H groups in total. The fourth-order valence-electron chi connectivity index (χ4n) is 1.92. The minimum absolute atomic E-state index is 0.0219. The molecule has 0 aliphatic heterocycles. The standard InChI is InChI=1S/C15H17N3O2/c1-10(12-7-3-4-9-17-12)18-13-8-5-6-11(14(13)16)15(19)20-2/h3-10,18H,16H2,1-2H3. The molecule has 0 aliphatic carbocycles. The van der Waals surface area contributed by atoms with Gasteiger partial charge in [-0.3, -0.25) is 4.98 Å². The number of anilines is 2. The van der Waals surface area contributed by atoms with Crippen LogP contribution in [0.2, 0.25) is 0 Å². The van der Waals surface area contributed by atoms with Crippen LogP contribution in [-0.2, 0) is 4.74 Å². The van der Waals surface area contributed by atoms with E-state index in [4.69, 9.17) is 10.5 Å². The number of para-hydroxylation sites is 1. The number of esters is 1. The molecule has 5 heteroatoms. The summed E-state index contributed by atoms with van der Waals surface area (Å²) in [5.74, 6) is -0.448. The summed E-state index contributed by atoms with van der Waals surface area (Å²) in [6, 6.07) is 10.9. The highest BCUT2D eigenvalue weighted by Crippen LogP contribution is 2.26. The zero-order chi connectivity index (χ0) is 14.5. The van der Waals surface area contributed by atoms with Gasteiger partial charge in [0.25, 0.3) is 0 Å². The van der Waals surface area contributed by atoms with Crippen molar-refractivity contribution in [3.63, 3.8) is 0 Å². The SMILES string of the molecule is COC(=O)c1cccc(NC(C)c2ccccn2)c1N. The van der Waals surface area contributed by atoms with Crippen LogP contribution in [0.4, 0.5) is 11.4 Å². The Bertz CT molecular complexity index is 599. The summed E-state index contributed by atoms with van der Waals surface area (Å²) in [6.45, 7) is 1.98. The molecule has 20 heavy (non-hydrogen) atoms. The van der Waals surface area contributed by atoms with Gasteiger partial charge in [-0.25, -0.2) is 4.79 Å². The average Bonchev–Trinajstić information content (AvgIpc) is 2.49. The van der Waals surface area contributed by atoms with Crippen LogP contribution in [0.15, 0.2) is 42.6 Å². The highest BCUT2D eigenvalue weighted by molar-refractivity contribution is 5.98. The zero-order valence-corrected chi connectivity index (χ0v) is 11.5. The number of nitrogens with one attached hydrogen (secondary N) is 1. The molecule has 0 aliphatic rings. The van der Waals surface area contributed by atoms with Gasteiger partial charge in [0, 0.05) is 6.20 Å². The summed E-state index contributed by atoms with van der Waals surface area (Å²) in [5, 5.41) is 3.25. The molecule has 0 amide bonds. The van der Waals surface area contributed by atoms with Gasteiger partial charge in [0.15, 0.2) is 0 Å². The normalized spacial score (nSPS) is 11.7. The fourth-order valence-corrected chi connectivity index (χ4v) is 1.92. The lowest BCUT2D eigenvalue weighted by molar-refractivity contribution is 0.0602. The van der Waals surface area contributed by atoms with E-state index in [0.29, 0.717) is 16.9 Å². The molecule has 104 valence electrons. The van der Waals surface area contributed by atoms with E-state index in [0.717, 1.165) is 5.69 Å². The van der Waals surface area contributed by atoms with Crippen LogP contribution >= 0.6 is 0 Å². The van der Waals surface area contributed by atoms with Crippen LogP contribution in [0.25, 0.3) is 0 Å². The molecule has 0 saturated heterocycles. The number of hydrogen-bond donors (Lipinski definition) is 2. The van der Waals surface area contributed by atoms with E-state index >= 15 is 0 Å². The summed E-state index contributed by atoms with van der Waals surface area (Å²) < 4.78 is 4.70. The quantitative estimate of drug-likeness (QED) is 0.660. The number of carbonyl (C=O) groups is 1. The second-order valence-electron chi connectivity index (χ2n) is 4.38. The lowest BCUT2D eigenvalue weighted by Crippen LogP contribution is -2.12. The van der Waals surface area contributed by atoms with Crippen LogP contribution in [0.3, 0.4) is 0 Å². The highest BCUT2D eigenvalue weighted by atomic mass is 16.5. The van der Waals surface area contributed by atoms with E-state index in [1.165, 1.54) is 7.11 Å². The first-order valence-electron chi connectivity index (χ1n) is 6.27. The molecule has 0 bridgehead atoms. The van der Waals surface area contributed by atoms with Crippen molar-refractivity contribution in [3.05, 3.63) is 53.9 Å². The number of ether oxygens (including phenoxy) is 1. The number of aromatic nitrogens is 1. The Morgan fingerprint density at radius 2 is 2.10 bits per heavy atom. The Morgan fingerprint density at radius 3 is 2.75 bits per heavy atom. The number of hydrogen-bond acceptors (Lipinski definition) is 5. The van der Waals surface area contributed by atoms with Gasteiger partial charge in [-0.05, 0) is 31.2 Å². The van der Waals surface area contributed by atoms with Crippen LogP contribution in [0.1, 0.15) is 29.0 Å². The van der Waals surface area contributed by atoms with Crippen molar-refractivity contribution in [3.8, 4) is 0 Å². The maximum Gasteiger partial charge on any atom is 0.340 e. The lowest BCUT2D eigenvalue weighted by Gasteiger charge is -2.17. The Balaban J connectivity index is 2.24. The van der Waals surface area contributed by atoms with E-state index in [2.05, 4.69) is 10.3 Å². The topological polar surface area (TPSA) is 77.2 Å². The van der Waals surface area contributed by atoms with Gasteiger partial charge >= 0.3 is 5.97 Å². The number of carbonyl (C=O) groups excluding carboxylic acids is 1. The highest BCUT2D eigenvalue weighted by Gasteiger charge is 2.14. The minimum Gasteiger partial charge on any atom is -0.465 e. The van der Waals surface area contributed by atoms with Crippen LogP contribution in [0.5, 0.6) is 0 Å². The number of nitrogens with two attached hydrogens (primary N) is 1. The summed E-state index contributed by atoms with van der Waals surface area (Å²) in [6.07, 6.45) is 1.74. The number of benzene rings is 1. The number of rotatable bonds is 4. The Hall–Kier alpha value is -2.56. The lowest BCUT2D eigenvalue weighted by atomic mass is 10.1. The van der Waals surface area contributed by atoms with Crippen molar-refractivity contribution in [2.24, 2.45) is 0 Å². The molecule has 1 aromatic heterocycles. The zero-order valence-electron chi connectivity index (χ0n) is 11.5. The monoisotopic (exact) mass is 271 g/mol. The maximum atomic E-state index is 11.6. The summed E-state index contributed by atoms with van der Waals surface area (Å²) in [4.78, 5) is 15.9. The van der Waals surface area contributed by atoms with Crippen LogP contribution < -0.4 is 11.1 Å². The molecule has 0 spiro atoms. The molecule has 2 aromatic rings. The number of pyridine rings is 1. The summed E-state index contributed by atoms with van der Waals surface area (Å²) in [7, 11) is 1.33. The van der Waals surface area contributed by atoms with E-state index < -0.39 is 5.97 Å². The molecule has 0 fully saturated rings. The molecular weight excluding hydrogens is 254 g/mol. The smallest absolute Gasteiger partial charge is 0.340 e. The summed E-state index contributed by atoms with van der Waals surface area (Å²) >= 11 is 0. The third kappa shape index (κ3) is 2.88. The second kappa shape index (κ2) is 6.06. The molecule has 1 heterocycles. The van der Waals surface area contributed by atoms with Gasteiger partial charge < -0.3 is 15.8 Å². The third-order valence-corrected chi connectivity index (χ3v) is 3.01. The molecule has 0 saturated carbocycles. The van der Waals surface area contributed by atoms with E-state index in [1.807, 2.05) is 31.2 Å². The van der Waals surface area contributed by atoms with Crippen molar-refractivity contribution in [2.45, 2.75) is 13.0 Å². The van der Waals surface area contributed by atoms with E-state index in [-0.39, 0.29) is 6.04 Å². The van der Waals surface area contributed by atoms with Gasteiger partial charge in [0.1, 0.15) is 0 Å². The number of nitrogen functional groups attached to an aromatic ring is 1. The predicted octanol–water partition coefficient (Wildman–Crippen LogP) is 2.62. The van der Waals surface area contributed by atoms with Gasteiger partial charge in [-0.1, -0.05) is 12.1 Å². The van der Waals surface area contributed by atoms with Crippen molar-refractivity contribution in [2.75, 3.05) is 18.2 Å². The Kier molecular flexibility index (Phi) is 4.20. The van der Waals surface area contributed by atoms with Gasteiger partial charge in [-0.2, -0.15) is 0 Å². The van der Waals surface area contributed by atoms with Gasteiger partial charge in [0.05, 0.1) is 35.8 Å². The first kappa shape index (κ1) is 13.9. The Morgan fingerprint density at radius 1 is 1.30 bits per heavy atom.